The summed E-state index contributed by atoms with van der Waals surface area (Å²) >= 11 is 0. The largest absolute Gasteiger partial charge is 0.496 e. The molecule has 1 amide bonds. The van der Waals surface area contributed by atoms with Crippen LogP contribution in [0.15, 0.2) is 18.2 Å². The van der Waals surface area contributed by atoms with Gasteiger partial charge in [-0.25, -0.2) is 0 Å². The van der Waals surface area contributed by atoms with Crippen molar-refractivity contribution in [3.05, 3.63) is 29.3 Å². The molecule has 1 atom stereocenters. The molecule has 1 aromatic rings. The molecule has 0 aromatic heterocycles. The van der Waals surface area contributed by atoms with Crippen LogP contribution in [-0.4, -0.2) is 30.8 Å². The number of carbonyl (C=O) groups is 1. The molecule has 0 heterocycles. The van der Waals surface area contributed by atoms with Crippen LogP contribution in [0.25, 0.3) is 0 Å². The number of hydrogen-bond acceptors (Lipinski definition) is 3. The van der Waals surface area contributed by atoms with E-state index in [4.69, 9.17) is 9.84 Å². The topological polar surface area (TPSA) is 58.6 Å². The van der Waals surface area contributed by atoms with E-state index in [0.717, 1.165) is 11.1 Å². The first kappa shape index (κ1) is 13.5. The zero-order valence-electron chi connectivity index (χ0n) is 10.5. The maximum atomic E-state index is 11.6. The van der Waals surface area contributed by atoms with Gasteiger partial charge in [-0.3, -0.25) is 4.79 Å². The highest BCUT2D eigenvalue weighted by Crippen LogP contribution is 2.19. The van der Waals surface area contributed by atoms with E-state index in [0.29, 0.717) is 5.75 Å². The van der Waals surface area contributed by atoms with Crippen LogP contribution in [0.4, 0.5) is 0 Å². The van der Waals surface area contributed by atoms with Crippen LogP contribution in [0, 0.1) is 6.92 Å². The summed E-state index contributed by atoms with van der Waals surface area (Å²) in [6.45, 7) is 3.87. The van der Waals surface area contributed by atoms with Crippen molar-refractivity contribution in [2.24, 2.45) is 0 Å². The summed E-state index contributed by atoms with van der Waals surface area (Å²) in [5.74, 6) is 0.595. The van der Waals surface area contributed by atoms with Crippen molar-refractivity contribution in [1.29, 1.82) is 0 Å². The van der Waals surface area contributed by atoms with Crippen LogP contribution in [0.2, 0.25) is 0 Å². The van der Waals surface area contributed by atoms with Crippen molar-refractivity contribution >= 4 is 5.91 Å². The minimum atomic E-state index is -0.529. The first-order valence-electron chi connectivity index (χ1n) is 5.61. The van der Waals surface area contributed by atoms with Crippen LogP contribution in [0.5, 0.6) is 5.75 Å². The zero-order chi connectivity index (χ0) is 12.8. The molecule has 0 unspecified atom stereocenters. The first-order valence-corrected chi connectivity index (χ1v) is 5.61. The Morgan fingerprint density at radius 1 is 1.53 bits per heavy atom. The second-order valence-electron chi connectivity index (χ2n) is 4.15. The summed E-state index contributed by atoms with van der Waals surface area (Å²) in [6, 6.07) is 5.73. The molecule has 4 nitrogen and oxygen atoms in total. The lowest BCUT2D eigenvalue weighted by molar-refractivity contribution is -0.120. The standard InChI is InChI=1S/C13H19NO3/c1-9-4-5-12(17-3)11(6-9)7-13(16)14-8-10(2)15/h4-6,10,15H,7-8H2,1-3H3,(H,14,16)/t10-/m0/s1. The Morgan fingerprint density at radius 2 is 2.24 bits per heavy atom. The normalized spacial score (nSPS) is 12.0. The molecule has 17 heavy (non-hydrogen) atoms. The van der Waals surface area contributed by atoms with E-state index < -0.39 is 6.10 Å². The summed E-state index contributed by atoms with van der Waals surface area (Å²) in [7, 11) is 1.59. The maximum Gasteiger partial charge on any atom is 0.224 e. The second-order valence-corrected chi connectivity index (χ2v) is 4.15. The third-order valence-corrected chi connectivity index (χ3v) is 2.38. The highest BCUT2D eigenvalue weighted by Gasteiger charge is 2.09. The van der Waals surface area contributed by atoms with Gasteiger partial charge in [0.1, 0.15) is 5.75 Å². The molecule has 0 fully saturated rings. The quantitative estimate of drug-likeness (QED) is 0.804. The summed E-state index contributed by atoms with van der Waals surface area (Å²) in [5.41, 5.74) is 1.94. The Balaban J connectivity index is 2.66. The van der Waals surface area contributed by atoms with Gasteiger partial charge in [-0.05, 0) is 19.9 Å². The number of aliphatic hydroxyl groups is 1. The molecule has 0 saturated carbocycles. The summed E-state index contributed by atoms with van der Waals surface area (Å²) < 4.78 is 5.20. The SMILES string of the molecule is COc1ccc(C)cc1CC(=O)NC[C@H](C)O. The van der Waals surface area contributed by atoms with Crippen molar-refractivity contribution in [3.8, 4) is 5.75 Å². The van der Waals surface area contributed by atoms with Gasteiger partial charge in [-0.1, -0.05) is 17.7 Å². The van der Waals surface area contributed by atoms with E-state index in [2.05, 4.69) is 5.32 Å². The van der Waals surface area contributed by atoms with Crippen LogP contribution < -0.4 is 10.1 Å². The number of benzene rings is 1. The molecule has 0 aliphatic carbocycles. The Hall–Kier alpha value is -1.55. The monoisotopic (exact) mass is 237 g/mol. The van der Waals surface area contributed by atoms with Crippen LogP contribution in [0.3, 0.4) is 0 Å². The molecule has 0 aliphatic rings. The predicted octanol–water partition coefficient (Wildman–Crippen LogP) is 1.04. The van der Waals surface area contributed by atoms with Gasteiger partial charge in [0.15, 0.2) is 0 Å². The van der Waals surface area contributed by atoms with E-state index in [1.54, 1.807) is 14.0 Å². The van der Waals surface area contributed by atoms with Crippen LogP contribution in [0.1, 0.15) is 18.1 Å². The molecule has 0 saturated heterocycles. The van der Waals surface area contributed by atoms with Gasteiger partial charge in [0.25, 0.3) is 0 Å². The third kappa shape index (κ3) is 4.44. The fraction of sp³-hybridized carbons (Fsp3) is 0.462. The number of methoxy groups -OCH3 is 1. The fourth-order valence-electron chi connectivity index (χ4n) is 1.54. The van der Waals surface area contributed by atoms with Gasteiger partial charge >= 0.3 is 0 Å². The summed E-state index contributed by atoms with van der Waals surface area (Å²) in [6.07, 6.45) is -0.268. The van der Waals surface area contributed by atoms with Crippen molar-refractivity contribution < 1.29 is 14.6 Å². The fourth-order valence-corrected chi connectivity index (χ4v) is 1.54. The number of aryl methyl sites for hydroxylation is 1. The van der Waals surface area contributed by atoms with Crippen molar-refractivity contribution in [1.82, 2.24) is 5.32 Å². The van der Waals surface area contributed by atoms with Gasteiger partial charge in [0.05, 0.1) is 19.6 Å². The highest BCUT2D eigenvalue weighted by atomic mass is 16.5. The number of nitrogens with one attached hydrogen (secondary N) is 1. The number of aliphatic hydroxyl groups excluding tert-OH is 1. The lowest BCUT2D eigenvalue weighted by Gasteiger charge is -2.10. The molecular weight excluding hydrogens is 218 g/mol. The van der Waals surface area contributed by atoms with E-state index in [1.807, 2.05) is 25.1 Å². The molecule has 4 heteroatoms. The number of ether oxygens (including phenoxy) is 1. The van der Waals surface area contributed by atoms with Gasteiger partial charge in [-0.15, -0.1) is 0 Å². The van der Waals surface area contributed by atoms with Gasteiger partial charge in [0.2, 0.25) is 5.91 Å². The van der Waals surface area contributed by atoms with Crippen molar-refractivity contribution in [3.63, 3.8) is 0 Å². The van der Waals surface area contributed by atoms with Crippen LogP contribution >= 0.6 is 0 Å². The average molecular weight is 237 g/mol. The van der Waals surface area contributed by atoms with Gasteiger partial charge in [-0.2, -0.15) is 0 Å². The van der Waals surface area contributed by atoms with Crippen molar-refractivity contribution in [2.75, 3.05) is 13.7 Å². The Labute approximate surface area is 102 Å². The number of rotatable bonds is 5. The first-order chi connectivity index (χ1) is 8.02. The lowest BCUT2D eigenvalue weighted by atomic mass is 10.1. The Kier molecular flexibility index (Phi) is 4.97. The van der Waals surface area contributed by atoms with E-state index in [9.17, 15) is 4.79 Å². The molecule has 1 rings (SSSR count). The minimum Gasteiger partial charge on any atom is -0.496 e. The molecule has 0 radical (unpaired) electrons. The lowest BCUT2D eigenvalue weighted by Crippen LogP contribution is -2.31. The number of carbonyl (C=O) groups excluding carboxylic acids is 1. The Bertz CT molecular complexity index is 388. The summed E-state index contributed by atoms with van der Waals surface area (Å²) in [4.78, 5) is 11.6. The molecule has 1 aromatic carbocycles. The third-order valence-electron chi connectivity index (χ3n) is 2.38. The number of hydrogen-bond donors (Lipinski definition) is 2. The molecule has 0 spiro atoms. The zero-order valence-corrected chi connectivity index (χ0v) is 10.5. The second kappa shape index (κ2) is 6.25. The van der Waals surface area contributed by atoms with Crippen LogP contribution in [-0.2, 0) is 11.2 Å². The minimum absolute atomic E-state index is 0.116. The summed E-state index contributed by atoms with van der Waals surface area (Å²) in [5, 5.41) is 11.7. The van der Waals surface area contributed by atoms with Gasteiger partial charge in [0, 0.05) is 12.1 Å². The van der Waals surface area contributed by atoms with Crippen molar-refractivity contribution in [2.45, 2.75) is 26.4 Å². The smallest absolute Gasteiger partial charge is 0.224 e. The number of amides is 1. The molecule has 94 valence electrons. The average Bonchev–Trinajstić information content (AvgIpc) is 2.27. The maximum absolute atomic E-state index is 11.6. The van der Waals surface area contributed by atoms with Gasteiger partial charge < -0.3 is 15.2 Å². The molecular formula is C13H19NO3. The predicted molar refractivity (Wildman–Crippen MR) is 66.1 cm³/mol. The van der Waals surface area contributed by atoms with E-state index in [-0.39, 0.29) is 18.9 Å². The molecule has 0 bridgehead atoms. The highest BCUT2D eigenvalue weighted by molar-refractivity contribution is 5.79. The Morgan fingerprint density at radius 3 is 2.82 bits per heavy atom. The molecule has 0 aliphatic heterocycles. The molecule has 2 N–H and O–H groups in total. The van der Waals surface area contributed by atoms with E-state index >= 15 is 0 Å². The van der Waals surface area contributed by atoms with E-state index in [1.165, 1.54) is 0 Å².